The van der Waals surface area contributed by atoms with Crippen molar-refractivity contribution in [1.29, 1.82) is 0 Å². The second-order valence-electron chi connectivity index (χ2n) is 3.80. The lowest BCUT2D eigenvalue weighted by Gasteiger charge is -2.12. The van der Waals surface area contributed by atoms with E-state index in [-0.39, 0.29) is 11.9 Å². The molecule has 0 bridgehead atoms. The zero-order chi connectivity index (χ0) is 16.5. The van der Waals surface area contributed by atoms with Crippen LogP contribution in [-0.2, 0) is 10.4 Å². The van der Waals surface area contributed by atoms with E-state index in [1.807, 2.05) is 0 Å². The molecule has 0 aromatic rings. The molecule has 1 aliphatic rings. The minimum atomic E-state index is -4.67. The molecule has 10 N–H and O–H groups in total. The van der Waals surface area contributed by atoms with Gasteiger partial charge < -0.3 is 22.9 Å². The van der Waals surface area contributed by atoms with Crippen LogP contribution >= 0.6 is 0 Å². The minimum Gasteiger partial charge on any atom is -0.369 e. The summed E-state index contributed by atoms with van der Waals surface area (Å²) in [6, 6.07) is 0. The van der Waals surface area contributed by atoms with Crippen molar-refractivity contribution in [1.82, 2.24) is 0 Å². The fraction of sp³-hybridized carbons (Fsp3) is 0.500. The Morgan fingerprint density at radius 3 is 1.38 bits per heavy atom. The molecule has 0 saturated heterocycles. The molecule has 0 atom stereocenters. The normalized spacial score (nSPS) is 18.6. The summed E-state index contributed by atoms with van der Waals surface area (Å²) in [6.45, 7) is 0. The molecule has 1 aliphatic carbocycles. The highest BCUT2D eigenvalue weighted by molar-refractivity contribution is 7.79. The number of hydrogen-bond donors (Lipinski definition) is 6. The molecule has 0 aromatic carbocycles. The first-order valence-electron chi connectivity index (χ1n) is 5.60. The van der Waals surface area contributed by atoms with Gasteiger partial charge in [0, 0.05) is 0 Å². The Morgan fingerprint density at radius 1 is 0.857 bits per heavy atom. The number of guanidine groups is 2. The highest BCUT2D eigenvalue weighted by atomic mass is 32.3. The predicted molar refractivity (Wildman–Crippen MR) is 79.1 cm³/mol. The molecule has 0 amide bonds. The molecule has 21 heavy (non-hydrogen) atoms. The smallest absolute Gasteiger partial charge is 0.369 e. The third-order valence-electron chi connectivity index (χ3n) is 1.98. The van der Waals surface area contributed by atoms with Crippen LogP contribution in [0.4, 0.5) is 0 Å². The molecule has 0 spiro atoms. The summed E-state index contributed by atoms with van der Waals surface area (Å²) in [6.07, 6.45) is 3.60. The second-order valence-corrected chi connectivity index (χ2v) is 4.69. The van der Waals surface area contributed by atoms with Gasteiger partial charge in [-0.05, 0) is 25.7 Å². The Morgan fingerprint density at radius 2 is 1.14 bits per heavy atom. The van der Waals surface area contributed by atoms with Crippen LogP contribution in [0.3, 0.4) is 0 Å². The topological polar surface area (TPSA) is 228 Å². The Labute approximate surface area is 121 Å². The number of rotatable bonds is 2. The molecule has 0 radical (unpaired) electrons. The molecule has 0 aromatic heterocycles. The van der Waals surface area contributed by atoms with E-state index in [0.29, 0.717) is 0 Å². The number of nitrogens with two attached hydrogens (primary N) is 4. The van der Waals surface area contributed by atoms with E-state index in [1.54, 1.807) is 0 Å². The Bertz CT molecular complexity index is 513. The maximum atomic E-state index is 8.74. The van der Waals surface area contributed by atoms with Crippen molar-refractivity contribution < 1.29 is 17.5 Å². The van der Waals surface area contributed by atoms with Crippen LogP contribution in [0.5, 0.6) is 0 Å². The van der Waals surface area contributed by atoms with Crippen molar-refractivity contribution in [2.24, 2.45) is 43.3 Å². The maximum Gasteiger partial charge on any atom is 0.394 e. The van der Waals surface area contributed by atoms with Gasteiger partial charge in [0.15, 0.2) is 0 Å². The zero-order valence-electron chi connectivity index (χ0n) is 11.0. The van der Waals surface area contributed by atoms with Crippen LogP contribution in [0.15, 0.2) is 20.4 Å². The minimum absolute atomic E-state index is 0.0840. The van der Waals surface area contributed by atoms with Gasteiger partial charge in [0.2, 0.25) is 11.9 Å². The van der Waals surface area contributed by atoms with Crippen LogP contribution < -0.4 is 22.9 Å². The largest absolute Gasteiger partial charge is 0.394 e. The first-order chi connectivity index (χ1) is 9.59. The molecular formula is C8H18N8O4S. The van der Waals surface area contributed by atoms with E-state index in [1.165, 1.54) is 0 Å². The van der Waals surface area contributed by atoms with Crippen LogP contribution in [0.1, 0.15) is 25.7 Å². The fourth-order valence-corrected chi connectivity index (χ4v) is 1.33. The van der Waals surface area contributed by atoms with Crippen molar-refractivity contribution in [2.45, 2.75) is 25.7 Å². The van der Waals surface area contributed by atoms with E-state index in [2.05, 4.69) is 20.4 Å². The molecule has 1 rings (SSSR count). The fourth-order valence-electron chi connectivity index (χ4n) is 1.33. The van der Waals surface area contributed by atoms with E-state index >= 15 is 0 Å². The van der Waals surface area contributed by atoms with E-state index in [0.717, 1.165) is 37.1 Å². The average Bonchev–Trinajstić information content (AvgIpc) is 2.32. The van der Waals surface area contributed by atoms with Gasteiger partial charge in [-0.25, -0.2) is 0 Å². The molecule has 12 nitrogen and oxygen atoms in total. The van der Waals surface area contributed by atoms with Crippen LogP contribution in [0.25, 0.3) is 0 Å². The molecule has 0 aliphatic heterocycles. The highest BCUT2D eigenvalue weighted by Gasteiger charge is 2.15. The van der Waals surface area contributed by atoms with Crippen LogP contribution in [0, 0.1) is 0 Å². The first-order valence-corrected chi connectivity index (χ1v) is 7.00. The Balaban J connectivity index is 0.000000690. The molecule has 0 unspecified atom stereocenters. The summed E-state index contributed by atoms with van der Waals surface area (Å²) in [5.74, 6) is -0.168. The van der Waals surface area contributed by atoms with Crippen LogP contribution in [-0.4, -0.2) is 40.9 Å². The zero-order valence-corrected chi connectivity index (χ0v) is 11.9. The van der Waals surface area contributed by atoms with E-state index < -0.39 is 10.4 Å². The lowest BCUT2D eigenvalue weighted by atomic mass is 9.96. The van der Waals surface area contributed by atoms with Crippen LogP contribution in [0.2, 0.25) is 0 Å². The Hall–Kier alpha value is -2.25. The lowest BCUT2D eigenvalue weighted by Crippen LogP contribution is -2.24. The average molecular weight is 322 g/mol. The van der Waals surface area contributed by atoms with Gasteiger partial charge in [-0.15, -0.1) is 10.2 Å². The van der Waals surface area contributed by atoms with Gasteiger partial charge >= 0.3 is 10.4 Å². The van der Waals surface area contributed by atoms with Gasteiger partial charge in [-0.3, -0.25) is 9.11 Å². The molecule has 1 saturated carbocycles. The van der Waals surface area contributed by atoms with E-state index in [4.69, 9.17) is 40.5 Å². The van der Waals surface area contributed by atoms with Crippen molar-refractivity contribution in [3.05, 3.63) is 0 Å². The highest BCUT2D eigenvalue weighted by Crippen LogP contribution is 2.13. The summed E-state index contributed by atoms with van der Waals surface area (Å²) in [7, 11) is -4.67. The summed E-state index contributed by atoms with van der Waals surface area (Å²) >= 11 is 0. The number of hydrogen-bond acceptors (Lipinski definition) is 6. The van der Waals surface area contributed by atoms with Gasteiger partial charge in [0.25, 0.3) is 0 Å². The van der Waals surface area contributed by atoms with Crippen molar-refractivity contribution in [3.63, 3.8) is 0 Å². The standard InChI is InChI=1S/C8H16N8.H2O4S/c9-7(10)15-13-5-3-1-2-4-6(5)14-16-8(11)12;1-5(2,3)4/h1-4H2,(H4,9,10,15)(H4,11,12,16);(H2,1,2,3,4)/b13-5-,14-6+;. The molecule has 0 heterocycles. The molecular weight excluding hydrogens is 304 g/mol. The van der Waals surface area contributed by atoms with Crippen molar-refractivity contribution in [3.8, 4) is 0 Å². The first kappa shape index (κ1) is 18.8. The summed E-state index contributed by atoms with van der Waals surface area (Å²) in [5.41, 5.74) is 22.2. The second kappa shape index (κ2) is 8.83. The van der Waals surface area contributed by atoms with Gasteiger partial charge in [-0.2, -0.15) is 18.6 Å². The van der Waals surface area contributed by atoms with E-state index in [9.17, 15) is 0 Å². The van der Waals surface area contributed by atoms with Crippen molar-refractivity contribution in [2.75, 3.05) is 0 Å². The molecule has 120 valence electrons. The summed E-state index contributed by atoms with van der Waals surface area (Å²) in [5, 5.41) is 15.0. The van der Waals surface area contributed by atoms with Gasteiger partial charge in [0.1, 0.15) is 0 Å². The summed E-state index contributed by atoms with van der Waals surface area (Å²) in [4.78, 5) is 0. The third-order valence-corrected chi connectivity index (χ3v) is 1.98. The maximum absolute atomic E-state index is 8.74. The predicted octanol–water partition coefficient (Wildman–Crippen LogP) is -1.83. The van der Waals surface area contributed by atoms with Crippen molar-refractivity contribution >= 4 is 33.7 Å². The summed E-state index contributed by atoms with van der Waals surface area (Å²) < 4.78 is 31.6. The molecule has 1 fully saturated rings. The monoisotopic (exact) mass is 322 g/mol. The lowest BCUT2D eigenvalue weighted by molar-refractivity contribution is 0.381. The molecule has 13 heteroatoms. The van der Waals surface area contributed by atoms with Gasteiger partial charge in [0.05, 0.1) is 11.4 Å². The van der Waals surface area contributed by atoms with Gasteiger partial charge in [-0.1, -0.05) is 0 Å². The SMILES string of the molecule is NC(N)=N/N=C1/CCCC/C1=N\N=C(N)N.O=S(=O)(O)O. The third kappa shape index (κ3) is 12.5. The number of nitrogens with zero attached hydrogens (tertiary/aromatic N) is 4. The quantitative estimate of drug-likeness (QED) is 0.146. The Kier molecular flexibility index (Phi) is 7.88.